The molecule has 0 N–H and O–H groups in total. The summed E-state index contributed by atoms with van der Waals surface area (Å²) in [5, 5.41) is 0.657. The second-order valence-electron chi connectivity index (χ2n) is 6.40. The van der Waals surface area contributed by atoms with E-state index in [-0.39, 0.29) is 5.91 Å². The van der Waals surface area contributed by atoms with E-state index < -0.39 is 0 Å². The first-order valence-electron chi connectivity index (χ1n) is 8.49. The van der Waals surface area contributed by atoms with E-state index >= 15 is 0 Å². The first-order chi connectivity index (χ1) is 13.0. The van der Waals surface area contributed by atoms with Crippen molar-refractivity contribution in [2.45, 2.75) is 20.4 Å². The number of aryl methyl sites for hydroxylation is 2. The summed E-state index contributed by atoms with van der Waals surface area (Å²) >= 11 is 4.99. The van der Waals surface area contributed by atoms with Crippen molar-refractivity contribution in [2.24, 2.45) is 0 Å². The van der Waals surface area contributed by atoms with Crippen molar-refractivity contribution < 1.29 is 9.21 Å². The van der Waals surface area contributed by atoms with Crippen LogP contribution < -0.4 is 4.90 Å². The van der Waals surface area contributed by atoms with E-state index in [1.54, 1.807) is 11.2 Å². The zero-order chi connectivity index (χ0) is 19.0. The SMILES string of the molecule is Cc1ccc(C(=O)N(Cc2ccco2)c2nc3ccc(Br)cc3s2)c(C)c1. The van der Waals surface area contributed by atoms with Crippen molar-refractivity contribution in [2.75, 3.05) is 4.90 Å². The van der Waals surface area contributed by atoms with Gasteiger partial charge in [0.15, 0.2) is 5.13 Å². The molecular formula is C21H17BrN2O2S. The summed E-state index contributed by atoms with van der Waals surface area (Å²) in [4.78, 5) is 19.8. The highest BCUT2D eigenvalue weighted by Gasteiger charge is 2.24. The summed E-state index contributed by atoms with van der Waals surface area (Å²) < 4.78 is 7.50. The molecule has 0 bridgehead atoms. The Morgan fingerprint density at radius 1 is 1.19 bits per heavy atom. The second-order valence-corrected chi connectivity index (χ2v) is 8.32. The number of benzene rings is 2. The van der Waals surface area contributed by atoms with E-state index in [2.05, 4.69) is 20.9 Å². The maximum atomic E-state index is 13.4. The Morgan fingerprint density at radius 2 is 2.04 bits per heavy atom. The van der Waals surface area contributed by atoms with Gasteiger partial charge in [-0.3, -0.25) is 9.69 Å². The highest BCUT2D eigenvalue weighted by molar-refractivity contribution is 9.10. The van der Waals surface area contributed by atoms with Crippen molar-refractivity contribution in [3.05, 3.63) is 81.7 Å². The molecule has 4 aromatic rings. The average Bonchev–Trinajstić information content (AvgIpc) is 3.28. The third-order valence-corrected chi connectivity index (χ3v) is 5.86. The van der Waals surface area contributed by atoms with E-state index in [0.29, 0.717) is 23.0 Å². The van der Waals surface area contributed by atoms with Crippen LogP contribution in [0.1, 0.15) is 27.2 Å². The number of hydrogen-bond acceptors (Lipinski definition) is 4. The molecule has 1 amide bonds. The van der Waals surface area contributed by atoms with Crippen molar-refractivity contribution in [3.8, 4) is 0 Å². The maximum Gasteiger partial charge on any atom is 0.260 e. The quantitative estimate of drug-likeness (QED) is 0.384. The Balaban J connectivity index is 1.79. The molecule has 6 heteroatoms. The molecule has 136 valence electrons. The van der Waals surface area contributed by atoms with E-state index in [9.17, 15) is 4.79 Å². The van der Waals surface area contributed by atoms with Crippen LogP contribution in [0.2, 0.25) is 0 Å². The van der Waals surface area contributed by atoms with Gasteiger partial charge in [-0.25, -0.2) is 4.98 Å². The molecule has 0 aliphatic rings. The summed E-state index contributed by atoms with van der Waals surface area (Å²) in [6.45, 7) is 4.31. The molecule has 2 aromatic heterocycles. The Bertz CT molecular complexity index is 1120. The molecule has 0 saturated heterocycles. The van der Waals surface area contributed by atoms with Crippen LogP contribution >= 0.6 is 27.3 Å². The molecule has 0 aliphatic heterocycles. The van der Waals surface area contributed by atoms with Gasteiger partial charge in [0.2, 0.25) is 0 Å². The third-order valence-electron chi connectivity index (χ3n) is 4.32. The van der Waals surface area contributed by atoms with Crippen LogP contribution in [0.25, 0.3) is 10.2 Å². The fourth-order valence-corrected chi connectivity index (χ4v) is 4.50. The molecule has 0 radical (unpaired) electrons. The minimum Gasteiger partial charge on any atom is -0.467 e. The van der Waals surface area contributed by atoms with Gasteiger partial charge >= 0.3 is 0 Å². The predicted molar refractivity (Wildman–Crippen MR) is 112 cm³/mol. The summed E-state index contributed by atoms with van der Waals surface area (Å²) in [6.07, 6.45) is 1.62. The summed E-state index contributed by atoms with van der Waals surface area (Å²) in [6, 6.07) is 15.5. The third kappa shape index (κ3) is 3.68. The normalized spacial score (nSPS) is 11.1. The minimum atomic E-state index is -0.0815. The number of carbonyl (C=O) groups is 1. The Labute approximate surface area is 169 Å². The molecule has 0 atom stereocenters. The van der Waals surface area contributed by atoms with Gasteiger partial charge in [-0.15, -0.1) is 0 Å². The first-order valence-corrected chi connectivity index (χ1v) is 10.1. The molecule has 4 nitrogen and oxygen atoms in total. The van der Waals surface area contributed by atoms with Crippen molar-refractivity contribution in [1.29, 1.82) is 0 Å². The molecule has 2 heterocycles. The molecular weight excluding hydrogens is 424 g/mol. The van der Waals surface area contributed by atoms with Gasteiger partial charge in [0.05, 0.1) is 23.0 Å². The van der Waals surface area contributed by atoms with Crippen molar-refractivity contribution >= 4 is 48.5 Å². The molecule has 4 rings (SSSR count). The summed E-state index contributed by atoms with van der Waals surface area (Å²) in [7, 11) is 0. The number of thiazole rings is 1. The monoisotopic (exact) mass is 440 g/mol. The highest BCUT2D eigenvalue weighted by Crippen LogP contribution is 2.33. The van der Waals surface area contributed by atoms with Gasteiger partial charge in [0.25, 0.3) is 5.91 Å². The number of hydrogen-bond donors (Lipinski definition) is 0. The summed E-state index contributed by atoms with van der Waals surface area (Å²) in [5.74, 6) is 0.635. The van der Waals surface area contributed by atoms with E-state index in [4.69, 9.17) is 4.42 Å². The van der Waals surface area contributed by atoms with Gasteiger partial charge in [0.1, 0.15) is 5.76 Å². The standard InChI is InChI=1S/C21H17BrN2O2S/c1-13-5-7-17(14(2)10-13)20(25)24(12-16-4-3-9-26-16)21-23-18-8-6-15(22)11-19(18)27-21/h3-11H,12H2,1-2H3. The number of fused-ring (bicyclic) bond motifs is 1. The number of anilines is 1. The van der Waals surface area contributed by atoms with Crippen LogP contribution in [0.15, 0.2) is 63.7 Å². The number of aromatic nitrogens is 1. The van der Waals surface area contributed by atoms with Gasteiger partial charge in [0, 0.05) is 10.0 Å². The lowest BCUT2D eigenvalue weighted by Gasteiger charge is -2.20. The number of nitrogens with zero attached hydrogens (tertiary/aromatic N) is 2. The van der Waals surface area contributed by atoms with Gasteiger partial charge in [-0.1, -0.05) is 45.0 Å². The maximum absolute atomic E-state index is 13.4. The van der Waals surface area contributed by atoms with E-state index in [1.165, 1.54) is 11.3 Å². The number of amides is 1. The fourth-order valence-electron chi connectivity index (χ4n) is 2.99. The molecule has 0 spiro atoms. The molecule has 0 fully saturated rings. The van der Waals surface area contributed by atoms with Crippen LogP contribution in [-0.4, -0.2) is 10.9 Å². The molecule has 0 unspecified atom stereocenters. The largest absolute Gasteiger partial charge is 0.467 e. The summed E-state index contributed by atoms with van der Waals surface area (Å²) in [5.41, 5.74) is 3.63. The number of halogens is 1. The number of rotatable bonds is 4. The highest BCUT2D eigenvalue weighted by atomic mass is 79.9. The smallest absolute Gasteiger partial charge is 0.260 e. The fraction of sp³-hybridized carbons (Fsp3) is 0.143. The van der Waals surface area contributed by atoms with Gasteiger partial charge in [-0.2, -0.15) is 0 Å². The molecule has 2 aromatic carbocycles. The number of carbonyl (C=O) groups excluding carboxylic acids is 1. The second kappa shape index (κ2) is 7.29. The van der Waals surface area contributed by atoms with E-state index in [0.717, 1.165) is 25.8 Å². The predicted octanol–water partition coefficient (Wildman–Crippen LogP) is 6.12. The van der Waals surface area contributed by atoms with Crippen LogP contribution in [0.4, 0.5) is 5.13 Å². The van der Waals surface area contributed by atoms with Crippen LogP contribution in [-0.2, 0) is 6.54 Å². The molecule has 27 heavy (non-hydrogen) atoms. The zero-order valence-electron chi connectivity index (χ0n) is 14.9. The Kier molecular flexibility index (Phi) is 4.85. The van der Waals surface area contributed by atoms with Crippen LogP contribution in [0, 0.1) is 13.8 Å². The van der Waals surface area contributed by atoms with Gasteiger partial charge < -0.3 is 4.42 Å². The average molecular weight is 441 g/mol. The van der Waals surface area contributed by atoms with Crippen molar-refractivity contribution in [1.82, 2.24) is 4.98 Å². The topological polar surface area (TPSA) is 46.3 Å². The lowest BCUT2D eigenvalue weighted by molar-refractivity contribution is 0.0982. The lowest BCUT2D eigenvalue weighted by Crippen LogP contribution is -2.30. The van der Waals surface area contributed by atoms with Crippen molar-refractivity contribution in [3.63, 3.8) is 0 Å². The van der Waals surface area contributed by atoms with E-state index in [1.807, 2.05) is 62.4 Å². The van der Waals surface area contributed by atoms with Crippen LogP contribution in [0.5, 0.6) is 0 Å². The zero-order valence-corrected chi connectivity index (χ0v) is 17.3. The first kappa shape index (κ1) is 17.9. The molecule has 0 saturated carbocycles. The minimum absolute atomic E-state index is 0.0815. The number of furan rings is 1. The van der Waals surface area contributed by atoms with Gasteiger partial charge in [-0.05, 0) is 55.8 Å². The lowest BCUT2D eigenvalue weighted by atomic mass is 10.0. The Morgan fingerprint density at radius 3 is 2.78 bits per heavy atom. The Hall–Kier alpha value is -2.44. The van der Waals surface area contributed by atoms with Crippen LogP contribution in [0.3, 0.4) is 0 Å². The molecule has 0 aliphatic carbocycles.